The Kier molecular flexibility index (Phi) is 5.32. The van der Waals surface area contributed by atoms with E-state index in [1.54, 1.807) is 24.3 Å². The SMILES string of the molecule is CCC(CO)NC(=O)c1cccc(NC(C)=O)c1. The van der Waals surface area contributed by atoms with Crippen molar-refractivity contribution in [3.8, 4) is 0 Å². The fourth-order valence-corrected chi connectivity index (χ4v) is 1.49. The Morgan fingerprint density at radius 3 is 2.67 bits per heavy atom. The number of anilines is 1. The van der Waals surface area contributed by atoms with Gasteiger partial charge in [-0.3, -0.25) is 9.59 Å². The van der Waals surface area contributed by atoms with E-state index < -0.39 is 0 Å². The molecule has 5 nitrogen and oxygen atoms in total. The average molecular weight is 250 g/mol. The molecule has 0 spiro atoms. The van der Waals surface area contributed by atoms with Crippen molar-refractivity contribution in [3.05, 3.63) is 29.8 Å². The van der Waals surface area contributed by atoms with Crippen LogP contribution in [0.4, 0.5) is 5.69 Å². The molecule has 0 bridgehead atoms. The van der Waals surface area contributed by atoms with Gasteiger partial charge in [-0.2, -0.15) is 0 Å². The molecule has 98 valence electrons. The number of rotatable bonds is 5. The Morgan fingerprint density at radius 1 is 1.39 bits per heavy atom. The largest absolute Gasteiger partial charge is 0.394 e. The summed E-state index contributed by atoms with van der Waals surface area (Å²) in [5, 5.41) is 14.3. The van der Waals surface area contributed by atoms with Crippen LogP contribution in [0.1, 0.15) is 30.6 Å². The lowest BCUT2D eigenvalue weighted by atomic mass is 10.1. The Balaban J connectivity index is 2.76. The van der Waals surface area contributed by atoms with Crippen LogP contribution in [0.3, 0.4) is 0 Å². The third-order valence-electron chi connectivity index (χ3n) is 2.49. The Labute approximate surface area is 106 Å². The van der Waals surface area contributed by atoms with Gasteiger partial charge in [-0.15, -0.1) is 0 Å². The number of hydrogen-bond acceptors (Lipinski definition) is 3. The van der Waals surface area contributed by atoms with Crippen molar-refractivity contribution >= 4 is 17.5 Å². The molecule has 0 saturated heterocycles. The minimum absolute atomic E-state index is 0.0897. The molecular formula is C13H18N2O3. The van der Waals surface area contributed by atoms with Gasteiger partial charge in [-0.25, -0.2) is 0 Å². The van der Waals surface area contributed by atoms with Crippen LogP contribution in [0.5, 0.6) is 0 Å². The molecule has 0 heterocycles. The number of benzene rings is 1. The first-order valence-corrected chi connectivity index (χ1v) is 5.86. The molecule has 1 aromatic carbocycles. The Morgan fingerprint density at radius 2 is 2.11 bits per heavy atom. The van der Waals surface area contributed by atoms with E-state index in [0.717, 1.165) is 0 Å². The maximum absolute atomic E-state index is 11.9. The van der Waals surface area contributed by atoms with E-state index in [-0.39, 0.29) is 24.5 Å². The summed E-state index contributed by atoms with van der Waals surface area (Å²) in [6, 6.07) is 6.41. The summed E-state index contributed by atoms with van der Waals surface area (Å²) in [6.45, 7) is 3.20. The number of aliphatic hydroxyl groups excluding tert-OH is 1. The molecular weight excluding hydrogens is 232 g/mol. The summed E-state index contributed by atoms with van der Waals surface area (Å²) in [5.41, 5.74) is 1.03. The van der Waals surface area contributed by atoms with Crippen molar-refractivity contribution in [3.63, 3.8) is 0 Å². The van der Waals surface area contributed by atoms with Gasteiger partial charge < -0.3 is 15.7 Å². The lowest BCUT2D eigenvalue weighted by Gasteiger charge is -2.14. The zero-order valence-corrected chi connectivity index (χ0v) is 10.6. The van der Waals surface area contributed by atoms with Crippen LogP contribution in [-0.4, -0.2) is 29.6 Å². The number of amides is 2. The summed E-state index contributed by atoms with van der Waals surface area (Å²) >= 11 is 0. The van der Waals surface area contributed by atoms with E-state index in [1.165, 1.54) is 6.92 Å². The van der Waals surface area contributed by atoms with Gasteiger partial charge in [0.15, 0.2) is 0 Å². The minimum atomic E-state index is -0.261. The molecule has 0 aliphatic heterocycles. The first-order chi connectivity index (χ1) is 8.56. The summed E-state index contributed by atoms with van der Waals surface area (Å²) < 4.78 is 0. The van der Waals surface area contributed by atoms with Crippen molar-refractivity contribution in [2.45, 2.75) is 26.3 Å². The molecule has 1 rings (SSSR count). The molecule has 5 heteroatoms. The number of carbonyl (C=O) groups is 2. The topological polar surface area (TPSA) is 78.4 Å². The minimum Gasteiger partial charge on any atom is -0.394 e. The van der Waals surface area contributed by atoms with E-state index in [1.807, 2.05) is 6.92 Å². The smallest absolute Gasteiger partial charge is 0.251 e. The van der Waals surface area contributed by atoms with Gasteiger partial charge in [0.1, 0.15) is 0 Å². The second-order valence-electron chi connectivity index (χ2n) is 4.02. The second kappa shape index (κ2) is 6.76. The van der Waals surface area contributed by atoms with Crippen molar-refractivity contribution in [2.75, 3.05) is 11.9 Å². The lowest BCUT2D eigenvalue weighted by molar-refractivity contribution is -0.114. The van der Waals surface area contributed by atoms with Crippen LogP contribution >= 0.6 is 0 Å². The Bertz CT molecular complexity index is 428. The standard InChI is InChI=1S/C13H18N2O3/c1-3-11(8-16)15-13(18)10-5-4-6-12(7-10)14-9(2)17/h4-7,11,16H,3,8H2,1-2H3,(H,14,17)(H,15,18). The summed E-state index contributed by atoms with van der Waals surface area (Å²) in [6.07, 6.45) is 0.660. The van der Waals surface area contributed by atoms with Gasteiger partial charge in [-0.1, -0.05) is 13.0 Å². The molecule has 1 aromatic rings. The van der Waals surface area contributed by atoms with Crippen LogP contribution in [0.2, 0.25) is 0 Å². The highest BCUT2D eigenvalue weighted by molar-refractivity contribution is 5.96. The molecule has 3 N–H and O–H groups in total. The highest BCUT2D eigenvalue weighted by Crippen LogP contribution is 2.10. The number of hydrogen-bond donors (Lipinski definition) is 3. The third kappa shape index (κ3) is 4.18. The van der Waals surface area contributed by atoms with Gasteiger partial charge >= 0.3 is 0 Å². The molecule has 0 aliphatic rings. The predicted octanol–water partition coefficient (Wildman–Crippen LogP) is 1.15. The average Bonchev–Trinajstić information content (AvgIpc) is 2.35. The van der Waals surface area contributed by atoms with Gasteiger partial charge in [0.25, 0.3) is 5.91 Å². The molecule has 1 atom stereocenters. The number of nitrogens with one attached hydrogen (secondary N) is 2. The summed E-state index contributed by atoms with van der Waals surface area (Å²) in [5.74, 6) is -0.447. The van der Waals surface area contributed by atoms with E-state index in [4.69, 9.17) is 5.11 Å². The molecule has 0 fully saturated rings. The van der Waals surface area contributed by atoms with E-state index >= 15 is 0 Å². The molecule has 18 heavy (non-hydrogen) atoms. The van der Waals surface area contributed by atoms with Gasteiger partial charge in [0.05, 0.1) is 12.6 Å². The van der Waals surface area contributed by atoms with Crippen molar-refractivity contribution < 1.29 is 14.7 Å². The normalized spacial score (nSPS) is 11.7. The predicted molar refractivity (Wildman–Crippen MR) is 69.4 cm³/mol. The lowest BCUT2D eigenvalue weighted by Crippen LogP contribution is -2.36. The van der Waals surface area contributed by atoms with E-state index in [9.17, 15) is 9.59 Å². The summed E-state index contributed by atoms with van der Waals surface area (Å²) in [7, 11) is 0. The van der Waals surface area contributed by atoms with Crippen LogP contribution in [-0.2, 0) is 4.79 Å². The molecule has 0 radical (unpaired) electrons. The Hall–Kier alpha value is -1.88. The number of aliphatic hydroxyl groups is 1. The van der Waals surface area contributed by atoms with E-state index in [2.05, 4.69) is 10.6 Å². The van der Waals surface area contributed by atoms with Crippen molar-refractivity contribution in [2.24, 2.45) is 0 Å². The van der Waals surface area contributed by atoms with E-state index in [0.29, 0.717) is 17.7 Å². The first-order valence-electron chi connectivity index (χ1n) is 5.86. The first kappa shape index (κ1) is 14.2. The van der Waals surface area contributed by atoms with Gasteiger partial charge in [-0.05, 0) is 24.6 Å². The van der Waals surface area contributed by atoms with Crippen LogP contribution < -0.4 is 10.6 Å². The molecule has 0 aromatic heterocycles. The molecule has 0 aliphatic carbocycles. The fourth-order valence-electron chi connectivity index (χ4n) is 1.49. The fraction of sp³-hybridized carbons (Fsp3) is 0.385. The molecule has 0 saturated carbocycles. The van der Waals surface area contributed by atoms with Crippen molar-refractivity contribution in [1.29, 1.82) is 0 Å². The van der Waals surface area contributed by atoms with Crippen molar-refractivity contribution in [1.82, 2.24) is 5.32 Å². The monoisotopic (exact) mass is 250 g/mol. The quantitative estimate of drug-likeness (QED) is 0.733. The zero-order chi connectivity index (χ0) is 13.5. The molecule has 1 unspecified atom stereocenters. The highest BCUT2D eigenvalue weighted by atomic mass is 16.3. The number of carbonyl (C=O) groups excluding carboxylic acids is 2. The van der Waals surface area contributed by atoms with Crippen LogP contribution in [0.25, 0.3) is 0 Å². The molecule has 2 amide bonds. The highest BCUT2D eigenvalue weighted by Gasteiger charge is 2.11. The maximum atomic E-state index is 11.9. The second-order valence-corrected chi connectivity index (χ2v) is 4.02. The third-order valence-corrected chi connectivity index (χ3v) is 2.49. The van der Waals surface area contributed by atoms with Crippen LogP contribution in [0.15, 0.2) is 24.3 Å². The van der Waals surface area contributed by atoms with Gasteiger partial charge in [0.2, 0.25) is 5.91 Å². The van der Waals surface area contributed by atoms with Gasteiger partial charge in [0, 0.05) is 18.2 Å². The maximum Gasteiger partial charge on any atom is 0.251 e. The van der Waals surface area contributed by atoms with Crippen LogP contribution in [0, 0.1) is 0 Å². The summed E-state index contributed by atoms with van der Waals surface area (Å²) in [4.78, 5) is 22.8. The zero-order valence-electron chi connectivity index (χ0n) is 10.6.